The van der Waals surface area contributed by atoms with Gasteiger partial charge >= 0.3 is 6.03 Å². The molecule has 1 aromatic rings. The molecule has 0 aromatic carbocycles. The number of aromatic nitrogens is 2. The normalized spacial score (nSPS) is 22.8. The first-order valence-corrected chi connectivity index (χ1v) is 7.02. The Kier molecular flexibility index (Phi) is 4.32. The molecule has 0 radical (unpaired) electrons. The van der Waals surface area contributed by atoms with Gasteiger partial charge in [-0.3, -0.25) is 10.00 Å². The zero-order chi connectivity index (χ0) is 14.8. The van der Waals surface area contributed by atoms with E-state index in [-0.39, 0.29) is 17.6 Å². The van der Waals surface area contributed by atoms with Crippen molar-refractivity contribution < 1.29 is 9.53 Å². The fourth-order valence-corrected chi connectivity index (χ4v) is 2.68. The Labute approximate surface area is 119 Å². The average Bonchev–Trinajstić information content (AvgIpc) is 2.96. The lowest BCUT2D eigenvalue weighted by Crippen LogP contribution is -2.40. The SMILES string of the molecule is Cn1nccc1NC(=O)NC[C@H]1CCO[C@@H]1C(C)(C)C. The minimum absolute atomic E-state index is 0.0986. The van der Waals surface area contributed by atoms with Gasteiger partial charge in [-0.2, -0.15) is 5.10 Å². The molecule has 2 N–H and O–H groups in total. The van der Waals surface area contributed by atoms with Crippen LogP contribution in [0.3, 0.4) is 0 Å². The summed E-state index contributed by atoms with van der Waals surface area (Å²) >= 11 is 0. The molecule has 20 heavy (non-hydrogen) atoms. The summed E-state index contributed by atoms with van der Waals surface area (Å²) in [6, 6.07) is 1.56. The largest absolute Gasteiger partial charge is 0.377 e. The molecule has 2 rings (SSSR count). The molecular formula is C14H24N4O2. The molecule has 2 amide bonds. The van der Waals surface area contributed by atoms with Crippen LogP contribution >= 0.6 is 0 Å². The highest BCUT2D eigenvalue weighted by molar-refractivity contribution is 5.88. The predicted octanol–water partition coefficient (Wildman–Crippen LogP) is 1.99. The van der Waals surface area contributed by atoms with Crippen molar-refractivity contribution in [2.45, 2.75) is 33.3 Å². The van der Waals surface area contributed by atoms with Crippen molar-refractivity contribution in [3.8, 4) is 0 Å². The minimum atomic E-state index is -0.201. The number of carbonyl (C=O) groups is 1. The summed E-state index contributed by atoms with van der Waals surface area (Å²) < 4.78 is 7.42. The van der Waals surface area contributed by atoms with Crippen LogP contribution in [0.15, 0.2) is 12.3 Å². The van der Waals surface area contributed by atoms with Crippen LogP contribution in [0.5, 0.6) is 0 Å². The van der Waals surface area contributed by atoms with Gasteiger partial charge in [-0.25, -0.2) is 4.79 Å². The predicted molar refractivity (Wildman–Crippen MR) is 77.5 cm³/mol. The Morgan fingerprint density at radius 2 is 2.30 bits per heavy atom. The smallest absolute Gasteiger partial charge is 0.320 e. The molecular weight excluding hydrogens is 256 g/mol. The molecule has 0 bridgehead atoms. The van der Waals surface area contributed by atoms with Crippen LogP contribution in [0.1, 0.15) is 27.2 Å². The van der Waals surface area contributed by atoms with Crippen LogP contribution in [0.4, 0.5) is 10.6 Å². The second-order valence-electron chi connectivity index (χ2n) is 6.38. The first-order valence-electron chi connectivity index (χ1n) is 7.02. The number of nitrogens with one attached hydrogen (secondary N) is 2. The number of nitrogens with zero attached hydrogens (tertiary/aromatic N) is 2. The number of hydrogen-bond acceptors (Lipinski definition) is 3. The van der Waals surface area contributed by atoms with Gasteiger partial charge in [0.2, 0.25) is 0 Å². The Hall–Kier alpha value is -1.56. The van der Waals surface area contributed by atoms with Crippen molar-refractivity contribution >= 4 is 11.8 Å². The molecule has 0 aliphatic carbocycles. The van der Waals surface area contributed by atoms with Gasteiger partial charge in [0.25, 0.3) is 0 Å². The fourth-order valence-electron chi connectivity index (χ4n) is 2.68. The van der Waals surface area contributed by atoms with Crippen molar-refractivity contribution in [2.75, 3.05) is 18.5 Å². The molecule has 6 heteroatoms. The number of urea groups is 1. The lowest BCUT2D eigenvalue weighted by atomic mass is 9.81. The van der Waals surface area contributed by atoms with Crippen LogP contribution in [0.25, 0.3) is 0 Å². The highest BCUT2D eigenvalue weighted by Crippen LogP contribution is 2.34. The lowest BCUT2D eigenvalue weighted by Gasteiger charge is -2.31. The number of rotatable bonds is 3. The molecule has 0 unspecified atom stereocenters. The van der Waals surface area contributed by atoms with Gasteiger partial charge in [-0.15, -0.1) is 0 Å². The summed E-state index contributed by atoms with van der Waals surface area (Å²) in [7, 11) is 1.79. The standard InChI is InChI=1S/C14H24N4O2/c1-14(2,3)12-10(6-8-20-12)9-15-13(19)17-11-5-7-16-18(11)4/h5,7,10,12H,6,8-9H2,1-4H3,(H2,15,17,19)/t10-,12+/m1/s1. The first-order chi connectivity index (χ1) is 9.38. The Morgan fingerprint density at radius 1 is 1.55 bits per heavy atom. The zero-order valence-electron chi connectivity index (χ0n) is 12.6. The molecule has 2 atom stereocenters. The van der Waals surface area contributed by atoms with E-state index in [1.807, 2.05) is 0 Å². The monoisotopic (exact) mass is 280 g/mol. The Morgan fingerprint density at radius 3 is 2.90 bits per heavy atom. The van der Waals surface area contributed by atoms with E-state index in [1.165, 1.54) is 0 Å². The maximum atomic E-state index is 11.9. The third-order valence-electron chi connectivity index (χ3n) is 3.66. The van der Waals surface area contributed by atoms with E-state index < -0.39 is 0 Å². The molecule has 1 fully saturated rings. The molecule has 2 heterocycles. The third kappa shape index (κ3) is 3.50. The summed E-state index contributed by atoms with van der Waals surface area (Å²) in [6.07, 6.45) is 2.84. The highest BCUT2D eigenvalue weighted by atomic mass is 16.5. The summed E-state index contributed by atoms with van der Waals surface area (Å²) in [5.41, 5.74) is 0.0986. The summed E-state index contributed by atoms with van der Waals surface area (Å²) in [4.78, 5) is 11.9. The van der Waals surface area contributed by atoms with Crippen molar-refractivity contribution in [3.63, 3.8) is 0 Å². The number of ether oxygens (including phenoxy) is 1. The summed E-state index contributed by atoms with van der Waals surface area (Å²) in [5.74, 6) is 1.05. The van der Waals surface area contributed by atoms with E-state index in [1.54, 1.807) is 24.0 Å². The van der Waals surface area contributed by atoms with Crippen LogP contribution in [-0.4, -0.2) is 35.1 Å². The molecule has 112 valence electrons. The number of carbonyl (C=O) groups excluding carboxylic acids is 1. The highest BCUT2D eigenvalue weighted by Gasteiger charge is 2.37. The number of aryl methyl sites for hydroxylation is 1. The molecule has 6 nitrogen and oxygen atoms in total. The molecule has 0 saturated carbocycles. The second-order valence-corrected chi connectivity index (χ2v) is 6.38. The van der Waals surface area contributed by atoms with E-state index in [2.05, 4.69) is 36.5 Å². The van der Waals surface area contributed by atoms with Crippen molar-refractivity contribution in [1.82, 2.24) is 15.1 Å². The molecule has 0 spiro atoms. The van der Waals surface area contributed by atoms with Gasteiger partial charge in [0.05, 0.1) is 12.3 Å². The summed E-state index contributed by atoms with van der Waals surface area (Å²) in [6.45, 7) is 7.92. The lowest BCUT2D eigenvalue weighted by molar-refractivity contribution is 0.00782. The average molecular weight is 280 g/mol. The van der Waals surface area contributed by atoms with Gasteiger partial charge in [-0.05, 0) is 11.8 Å². The third-order valence-corrected chi connectivity index (χ3v) is 3.66. The van der Waals surface area contributed by atoms with Gasteiger partial charge in [-0.1, -0.05) is 20.8 Å². The van der Waals surface area contributed by atoms with Gasteiger partial charge in [0.1, 0.15) is 5.82 Å². The van der Waals surface area contributed by atoms with Crippen LogP contribution < -0.4 is 10.6 Å². The van der Waals surface area contributed by atoms with Crippen LogP contribution in [-0.2, 0) is 11.8 Å². The maximum Gasteiger partial charge on any atom is 0.320 e. The second kappa shape index (κ2) is 5.83. The molecule has 1 aliphatic rings. The zero-order valence-corrected chi connectivity index (χ0v) is 12.6. The maximum absolute atomic E-state index is 11.9. The van der Waals surface area contributed by atoms with Gasteiger partial charge in [0, 0.05) is 32.2 Å². The van der Waals surface area contributed by atoms with Crippen LogP contribution in [0.2, 0.25) is 0 Å². The van der Waals surface area contributed by atoms with E-state index >= 15 is 0 Å². The van der Waals surface area contributed by atoms with Crippen molar-refractivity contribution in [1.29, 1.82) is 0 Å². The number of amides is 2. The summed E-state index contributed by atoms with van der Waals surface area (Å²) in [5, 5.41) is 9.70. The Balaban J connectivity index is 1.83. The number of anilines is 1. The molecule has 1 aromatic heterocycles. The van der Waals surface area contributed by atoms with E-state index in [9.17, 15) is 4.79 Å². The fraction of sp³-hybridized carbons (Fsp3) is 0.714. The molecule has 1 saturated heterocycles. The van der Waals surface area contributed by atoms with Gasteiger partial charge in [0.15, 0.2) is 0 Å². The van der Waals surface area contributed by atoms with Gasteiger partial charge < -0.3 is 10.1 Å². The van der Waals surface area contributed by atoms with Crippen molar-refractivity contribution in [2.24, 2.45) is 18.4 Å². The van der Waals surface area contributed by atoms with E-state index in [4.69, 9.17) is 4.74 Å². The van der Waals surface area contributed by atoms with Crippen LogP contribution in [0, 0.1) is 11.3 Å². The Bertz CT molecular complexity index is 464. The first kappa shape index (κ1) is 14.8. The van der Waals surface area contributed by atoms with Crippen molar-refractivity contribution in [3.05, 3.63) is 12.3 Å². The quantitative estimate of drug-likeness (QED) is 0.889. The van der Waals surface area contributed by atoms with E-state index in [0.717, 1.165) is 13.0 Å². The topological polar surface area (TPSA) is 68.2 Å². The minimum Gasteiger partial charge on any atom is -0.377 e. The molecule has 1 aliphatic heterocycles. The number of hydrogen-bond donors (Lipinski definition) is 2. The van der Waals surface area contributed by atoms with E-state index in [0.29, 0.717) is 18.3 Å².